The molecule has 1 heterocycles. The molecule has 106 valence electrons. The van der Waals surface area contributed by atoms with Crippen LogP contribution in [-0.4, -0.2) is 29.4 Å². The molecule has 0 radical (unpaired) electrons. The van der Waals surface area contributed by atoms with Crippen molar-refractivity contribution in [3.8, 4) is 10.8 Å². The van der Waals surface area contributed by atoms with Crippen LogP contribution in [0.25, 0.3) is 0 Å². The Labute approximate surface area is 128 Å². The van der Waals surface area contributed by atoms with Gasteiger partial charge >= 0.3 is 0 Å². The number of benzene rings is 1. The van der Waals surface area contributed by atoms with Crippen molar-refractivity contribution >= 4 is 21.8 Å². The molecule has 0 spiro atoms. The number of likely N-dealkylation sites (tertiary alicyclic amines) is 1. The van der Waals surface area contributed by atoms with Crippen LogP contribution < -0.4 is 5.32 Å². The van der Waals surface area contributed by atoms with Gasteiger partial charge in [-0.25, -0.2) is 0 Å². The Bertz CT molecular complexity index is 506. The lowest BCUT2D eigenvalue weighted by Gasteiger charge is -2.37. The normalized spacial score (nSPS) is 22.7. The minimum Gasteiger partial charge on any atom is -0.342 e. The minimum atomic E-state index is -0.199. The second-order valence-electron chi connectivity index (χ2n) is 5.22. The summed E-state index contributed by atoms with van der Waals surface area (Å²) in [7, 11) is 0. The van der Waals surface area contributed by atoms with Gasteiger partial charge in [-0.2, -0.15) is 0 Å². The number of hydrogen-bond donors (Lipinski definition) is 1. The van der Waals surface area contributed by atoms with Crippen LogP contribution in [0, 0.1) is 10.8 Å². The van der Waals surface area contributed by atoms with E-state index in [-0.39, 0.29) is 11.9 Å². The highest BCUT2D eigenvalue weighted by atomic mass is 79.9. The van der Waals surface area contributed by atoms with Crippen molar-refractivity contribution in [1.82, 2.24) is 10.2 Å². The average molecular weight is 335 g/mol. The summed E-state index contributed by atoms with van der Waals surface area (Å²) in [6.07, 6.45) is 1.95. The third-order valence-corrected chi connectivity index (χ3v) is 3.94. The number of halogens is 1. The largest absolute Gasteiger partial charge is 0.342 e. The lowest BCUT2D eigenvalue weighted by Crippen LogP contribution is -2.48. The molecule has 20 heavy (non-hydrogen) atoms. The SMILES string of the molecule is CC1CC(NC(=O)C#CBr)CCN1Cc1ccccc1. The van der Waals surface area contributed by atoms with Gasteiger partial charge in [-0.05, 0) is 30.2 Å². The fourth-order valence-corrected chi connectivity index (χ4v) is 2.85. The van der Waals surface area contributed by atoms with Crippen LogP contribution in [-0.2, 0) is 11.3 Å². The molecule has 0 aromatic heterocycles. The van der Waals surface area contributed by atoms with E-state index in [9.17, 15) is 4.79 Å². The van der Waals surface area contributed by atoms with Crippen LogP contribution >= 0.6 is 15.9 Å². The van der Waals surface area contributed by atoms with Gasteiger partial charge in [0.2, 0.25) is 0 Å². The monoisotopic (exact) mass is 334 g/mol. The number of rotatable bonds is 3. The Hall–Kier alpha value is -1.31. The number of carbonyl (C=O) groups is 1. The van der Waals surface area contributed by atoms with Crippen molar-refractivity contribution < 1.29 is 4.79 Å². The summed E-state index contributed by atoms with van der Waals surface area (Å²) in [4.78, 5) is 16.4. The number of hydrogen-bond acceptors (Lipinski definition) is 2. The second kappa shape index (κ2) is 7.47. The highest BCUT2D eigenvalue weighted by Crippen LogP contribution is 2.19. The fourth-order valence-electron chi connectivity index (χ4n) is 2.67. The molecule has 1 N–H and O–H groups in total. The van der Waals surface area contributed by atoms with E-state index in [4.69, 9.17) is 0 Å². The maximum absolute atomic E-state index is 11.5. The Balaban J connectivity index is 1.86. The van der Waals surface area contributed by atoms with Gasteiger partial charge in [0.15, 0.2) is 0 Å². The molecular weight excluding hydrogens is 316 g/mol. The summed E-state index contributed by atoms with van der Waals surface area (Å²) in [5.41, 5.74) is 1.34. The van der Waals surface area contributed by atoms with E-state index in [1.54, 1.807) is 0 Å². The minimum absolute atomic E-state index is 0.199. The summed E-state index contributed by atoms with van der Waals surface area (Å²) >= 11 is 2.94. The molecule has 1 amide bonds. The van der Waals surface area contributed by atoms with E-state index in [1.807, 2.05) is 6.07 Å². The van der Waals surface area contributed by atoms with E-state index in [0.717, 1.165) is 25.9 Å². The predicted octanol–water partition coefficient (Wildman–Crippen LogP) is 2.51. The Morgan fingerprint density at radius 3 is 2.85 bits per heavy atom. The van der Waals surface area contributed by atoms with Crippen LogP contribution in [0.4, 0.5) is 0 Å². The zero-order chi connectivity index (χ0) is 14.4. The maximum atomic E-state index is 11.5. The molecule has 0 aliphatic carbocycles. The van der Waals surface area contributed by atoms with E-state index in [2.05, 4.69) is 68.1 Å². The smallest absolute Gasteiger partial charge is 0.296 e. The maximum Gasteiger partial charge on any atom is 0.296 e. The first-order valence-corrected chi connectivity index (χ1v) is 7.68. The van der Waals surface area contributed by atoms with Gasteiger partial charge in [0.05, 0.1) is 0 Å². The lowest BCUT2D eigenvalue weighted by molar-refractivity contribution is -0.116. The molecule has 1 saturated heterocycles. The Morgan fingerprint density at radius 2 is 2.20 bits per heavy atom. The first-order chi connectivity index (χ1) is 9.69. The first kappa shape index (κ1) is 15.1. The predicted molar refractivity (Wildman–Crippen MR) is 84.2 cm³/mol. The quantitative estimate of drug-likeness (QED) is 0.861. The van der Waals surface area contributed by atoms with Gasteiger partial charge in [-0.15, -0.1) is 0 Å². The number of piperidine rings is 1. The van der Waals surface area contributed by atoms with Crippen molar-refractivity contribution in [3.05, 3.63) is 35.9 Å². The second-order valence-corrected chi connectivity index (χ2v) is 5.62. The zero-order valence-electron chi connectivity index (χ0n) is 11.6. The zero-order valence-corrected chi connectivity index (χ0v) is 13.2. The Kier molecular flexibility index (Phi) is 5.63. The summed E-state index contributed by atoms with van der Waals surface area (Å²) in [6, 6.07) is 11.2. The number of amides is 1. The van der Waals surface area contributed by atoms with Crippen LogP contribution in [0.3, 0.4) is 0 Å². The van der Waals surface area contributed by atoms with Gasteiger partial charge < -0.3 is 5.32 Å². The molecule has 3 nitrogen and oxygen atoms in total. The van der Waals surface area contributed by atoms with Crippen molar-refractivity contribution in [2.45, 2.75) is 38.4 Å². The molecule has 1 aliphatic heterocycles. The third-order valence-electron chi connectivity index (χ3n) is 3.74. The first-order valence-electron chi connectivity index (χ1n) is 6.89. The molecular formula is C16H19BrN2O. The fraction of sp³-hybridized carbons (Fsp3) is 0.438. The van der Waals surface area contributed by atoms with Crippen molar-refractivity contribution in [2.75, 3.05) is 6.54 Å². The van der Waals surface area contributed by atoms with Crippen molar-refractivity contribution in [1.29, 1.82) is 0 Å². The van der Waals surface area contributed by atoms with Crippen LogP contribution in [0.2, 0.25) is 0 Å². The molecule has 0 saturated carbocycles. The average Bonchev–Trinajstić information content (AvgIpc) is 2.43. The van der Waals surface area contributed by atoms with E-state index < -0.39 is 0 Å². The number of carbonyl (C=O) groups excluding carboxylic acids is 1. The van der Waals surface area contributed by atoms with E-state index >= 15 is 0 Å². The molecule has 2 atom stereocenters. The summed E-state index contributed by atoms with van der Waals surface area (Å²) in [6.45, 7) is 4.20. The van der Waals surface area contributed by atoms with Crippen molar-refractivity contribution in [3.63, 3.8) is 0 Å². The van der Waals surface area contributed by atoms with Gasteiger partial charge in [0.25, 0.3) is 5.91 Å². The van der Waals surface area contributed by atoms with Gasteiger partial charge in [0, 0.05) is 47.0 Å². The van der Waals surface area contributed by atoms with E-state index in [0.29, 0.717) is 6.04 Å². The third kappa shape index (κ3) is 4.36. The summed E-state index contributed by atoms with van der Waals surface area (Å²) in [5, 5.41) is 2.97. The molecule has 1 aromatic carbocycles. The van der Waals surface area contributed by atoms with Gasteiger partial charge in [0.1, 0.15) is 0 Å². The van der Waals surface area contributed by atoms with Crippen molar-refractivity contribution in [2.24, 2.45) is 0 Å². The Morgan fingerprint density at radius 1 is 1.45 bits per heavy atom. The summed E-state index contributed by atoms with van der Waals surface area (Å²) < 4.78 is 0. The molecule has 2 rings (SSSR count). The van der Waals surface area contributed by atoms with E-state index in [1.165, 1.54) is 5.56 Å². The van der Waals surface area contributed by atoms with Gasteiger partial charge in [-0.1, -0.05) is 30.3 Å². The van der Waals surface area contributed by atoms with Crippen LogP contribution in [0.5, 0.6) is 0 Å². The summed E-state index contributed by atoms with van der Waals surface area (Å²) in [5.74, 6) is 2.26. The number of nitrogens with zero attached hydrogens (tertiary/aromatic N) is 1. The highest BCUT2D eigenvalue weighted by molar-refractivity contribution is 9.12. The standard InChI is InChI=1S/C16H19BrN2O/c1-13-11-15(18-16(20)7-9-17)8-10-19(13)12-14-5-3-2-4-6-14/h2-6,13,15H,8,10-12H2,1H3,(H,18,20). The molecule has 2 unspecified atom stereocenters. The molecule has 1 aliphatic rings. The lowest BCUT2D eigenvalue weighted by atomic mass is 9.97. The topological polar surface area (TPSA) is 32.3 Å². The molecule has 4 heteroatoms. The number of nitrogens with one attached hydrogen (secondary N) is 1. The molecule has 0 bridgehead atoms. The molecule has 1 aromatic rings. The van der Waals surface area contributed by atoms with Crippen LogP contribution in [0.1, 0.15) is 25.3 Å². The highest BCUT2D eigenvalue weighted by Gasteiger charge is 2.25. The molecule has 1 fully saturated rings. The van der Waals surface area contributed by atoms with Gasteiger partial charge in [-0.3, -0.25) is 9.69 Å². The van der Waals surface area contributed by atoms with Crippen LogP contribution in [0.15, 0.2) is 30.3 Å².